The van der Waals surface area contributed by atoms with Crippen LogP contribution in [0, 0.1) is 5.92 Å². The third kappa shape index (κ3) is 6.73. The largest absolute Gasteiger partial charge is 0.302 e. The molecule has 3 aromatic rings. The number of pyridine rings is 1. The number of sulfonamides is 1. The van der Waals surface area contributed by atoms with Crippen molar-refractivity contribution in [1.29, 1.82) is 0 Å². The predicted molar refractivity (Wildman–Crippen MR) is 132 cm³/mol. The molecule has 0 saturated carbocycles. The van der Waals surface area contributed by atoms with Crippen molar-refractivity contribution in [3.8, 4) is 0 Å². The van der Waals surface area contributed by atoms with Crippen LogP contribution in [0.5, 0.6) is 0 Å². The van der Waals surface area contributed by atoms with Gasteiger partial charge in [0, 0.05) is 32.0 Å². The van der Waals surface area contributed by atoms with E-state index in [2.05, 4.69) is 40.2 Å². The maximum atomic E-state index is 13.3. The van der Waals surface area contributed by atoms with Gasteiger partial charge in [-0.1, -0.05) is 60.7 Å². The lowest BCUT2D eigenvalue weighted by Crippen LogP contribution is -2.41. The summed E-state index contributed by atoms with van der Waals surface area (Å²) in [5.41, 5.74) is 2.40. The molecule has 0 radical (unpaired) electrons. The molecule has 33 heavy (non-hydrogen) atoms. The summed E-state index contributed by atoms with van der Waals surface area (Å²) in [5.74, 6) is 0.751. The first-order valence-electron chi connectivity index (χ1n) is 11.8. The Morgan fingerprint density at radius 2 is 1.55 bits per heavy atom. The molecule has 4 rings (SSSR count). The maximum absolute atomic E-state index is 13.3. The molecule has 0 aliphatic carbocycles. The lowest BCUT2D eigenvalue weighted by Gasteiger charge is -2.33. The van der Waals surface area contributed by atoms with Gasteiger partial charge in [-0.05, 0) is 68.0 Å². The zero-order valence-electron chi connectivity index (χ0n) is 19.1. The number of hydrogen-bond acceptors (Lipinski definition) is 4. The Kier molecular flexibility index (Phi) is 8.26. The first kappa shape index (κ1) is 23.6. The van der Waals surface area contributed by atoms with E-state index in [9.17, 15) is 8.42 Å². The Balaban J connectivity index is 1.33. The molecule has 1 saturated heterocycles. The second-order valence-corrected chi connectivity index (χ2v) is 10.8. The number of likely N-dealkylation sites (tertiary alicyclic amines) is 1. The molecular formula is C27H33N3O2S. The topological polar surface area (TPSA) is 53.5 Å². The fourth-order valence-electron chi connectivity index (χ4n) is 4.49. The van der Waals surface area contributed by atoms with Gasteiger partial charge in [0.05, 0.1) is 0 Å². The molecule has 0 N–H and O–H groups in total. The molecule has 174 valence electrons. The van der Waals surface area contributed by atoms with Crippen molar-refractivity contribution in [2.45, 2.75) is 37.1 Å². The van der Waals surface area contributed by atoms with Crippen molar-refractivity contribution < 1.29 is 8.42 Å². The van der Waals surface area contributed by atoms with Gasteiger partial charge in [-0.15, -0.1) is 0 Å². The molecule has 1 aromatic heterocycles. The fraction of sp³-hybridized carbons (Fsp3) is 0.370. The summed E-state index contributed by atoms with van der Waals surface area (Å²) in [7, 11) is -3.61. The van der Waals surface area contributed by atoms with Gasteiger partial charge in [-0.3, -0.25) is 4.98 Å². The van der Waals surface area contributed by atoms with Gasteiger partial charge in [0.2, 0.25) is 10.0 Å². The Morgan fingerprint density at radius 3 is 2.18 bits per heavy atom. The molecule has 1 fully saturated rings. The molecule has 0 atom stereocenters. The van der Waals surface area contributed by atoms with E-state index in [0.29, 0.717) is 13.1 Å². The fourth-order valence-corrected chi connectivity index (χ4v) is 5.87. The van der Waals surface area contributed by atoms with E-state index < -0.39 is 10.0 Å². The molecule has 6 heteroatoms. The molecular weight excluding hydrogens is 430 g/mol. The number of aryl methyl sites for hydroxylation is 1. The summed E-state index contributed by atoms with van der Waals surface area (Å²) in [4.78, 5) is 6.68. The molecule has 5 nitrogen and oxygen atoms in total. The molecule has 2 heterocycles. The number of nitrogens with zero attached hydrogens (tertiary/aromatic N) is 3. The first-order valence-corrected chi connectivity index (χ1v) is 13.3. The quantitative estimate of drug-likeness (QED) is 0.440. The lowest BCUT2D eigenvalue weighted by atomic mass is 9.90. The summed E-state index contributed by atoms with van der Waals surface area (Å²) in [6.07, 6.45) is 7.77. The molecule has 1 aliphatic heterocycles. The second kappa shape index (κ2) is 11.5. The predicted octanol–water partition coefficient (Wildman–Crippen LogP) is 4.62. The Morgan fingerprint density at radius 1 is 0.879 bits per heavy atom. The minimum absolute atomic E-state index is 0.251. The third-order valence-corrected chi connectivity index (χ3v) is 8.36. The van der Waals surface area contributed by atoms with Crippen LogP contribution in [0.25, 0.3) is 0 Å². The highest BCUT2D eigenvalue weighted by Crippen LogP contribution is 2.23. The minimum atomic E-state index is -3.61. The number of benzene rings is 2. The van der Waals surface area contributed by atoms with Crippen LogP contribution in [-0.4, -0.2) is 48.8 Å². The Bertz CT molecular complexity index is 1070. The maximum Gasteiger partial charge on any atom is 0.244 e. The van der Waals surface area contributed by atoms with E-state index in [1.807, 2.05) is 30.3 Å². The average molecular weight is 464 g/mol. The molecule has 0 amide bonds. The highest BCUT2D eigenvalue weighted by molar-refractivity contribution is 7.89. The van der Waals surface area contributed by atoms with E-state index in [1.165, 1.54) is 31.0 Å². The van der Waals surface area contributed by atoms with Gasteiger partial charge in [0.25, 0.3) is 0 Å². The van der Waals surface area contributed by atoms with Gasteiger partial charge < -0.3 is 4.90 Å². The number of aromatic nitrogens is 1. The summed E-state index contributed by atoms with van der Waals surface area (Å²) >= 11 is 0. The van der Waals surface area contributed by atoms with Crippen LogP contribution >= 0.6 is 0 Å². The van der Waals surface area contributed by atoms with E-state index in [-0.39, 0.29) is 4.90 Å². The number of piperidine rings is 1. The lowest BCUT2D eigenvalue weighted by molar-refractivity contribution is 0.169. The summed E-state index contributed by atoms with van der Waals surface area (Å²) in [6.45, 7) is 3.65. The van der Waals surface area contributed by atoms with Crippen LogP contribution in [0.2, 0.25) is 0 Å². The van der Waals surface area contributed by atoms with Crippen molar-refractivity contribution in [2.24, 2.45) is 5.92 Å². The summed E-state index contributed by atoms with van der Waals surface area (Å²) in [5, 5.41) is 0. The van der Waals surface area contributed by atoms with E-state index in [0.717, 1.165) is 37.5 Å². The van der Waals surface area contributed by atoms with Gasteiger partial charge >= 0.3 is 0 Å². The molecule has 0 unspecified atom stereocenters. The number of rotatable bonds is 10. The van der Waals surface area contributed by atoms with Crippen molar-refractivity contribution >= 4 is 10.0 Å². The smallest absolute Gasteiger partial charge is 0.244 e. The van der Waals surface area contributed by atoms with E-state index in [1.54, 1.807) is 22.6 Å². The Hall–Kier alpha value is -2.54. The van der Waals surface area contributed by atoms with E-state index >= 15 is 0 Å². The zero-order valence-corrected chi connectivity index (χ0v) is 19.9. The zero-order chi connectivity index (χ0) is 22.9. The van der Waals surface area contributed by atoms with E-state index in [4.69, 9.17) is 0 Å². The SMILES string of the molecule is O=S(=O)(c1cccnc1)N(CCN1CCC(CCc2ccccc2)CC1)Cc1ccccc1. The van der Waals surface area contributed by atoms with Gasteiger partial charge in [-0.2, -0.15) is 4.31 Å². The summed E-state index contributed by atoms with van der Waals surface area (Å²) < 4.78 is 28.3. The van der Waals surface area contributed by atoms with Crippen molar-refractivity contribution in [3.05, 3.63) is 96.3 Å². The van der Waals surface area contributed by atoms with Crippen LogP contribution in [0.3, 0.4) is 0 Å². The monoisotopic (exact) mass is 463 g/mol. The van der Waals surface area contributed by atoms with Crippen molar-refractivity contribution in [2.75, 3.05) is 26.2 Å². The van der Waals surface area contributed by atoms with Crippen LogP contribution < -0.4 is 0 Å². The van der Waals surface area contributed by atoms with Crippen molar-refractivity contribution in [3.63, 3.8) is 0 Å². The normalized spacial score (nSPS) is 15.7. The molecule has 0 bridgehead atoms. The van der Waals surface area contributed by atoms with Gasteiger partial charge in [0.1, 0.15) is 4.90 Å². The van der Waals surface area contributed by atoms with Crippen LogP contribution in [0.1, 0.15) is 30.4 Å². The Labute approximate surface area is 198 Å². The molecule has 2 aromatic carbocycles. The van der Waals surface area contributed by atoms with Gasteiger partial charge in [0.15, 0.2) is 0 Å². The van der Waals surface area contributed by atoms with Crippen molar-refractivity contribution in [1.82, 2.24) is 14.2 Å². The average Bonchev–Trinajstić information content (AvgIpc) is 2.87. The summed E-state index contributed by atoms with van der Waals surface area (Å²) in [6, 6.07) is 23.8. The highest BCUT2D eigenvalue weighted by Gasteiger charge is 2.26. The second-order valence-electron chi connectivity index (χ2n) is 8.82. The van der Waals surface area contributed by atoms with Crippen LogP contribution in [0.4, 0.5) is 0 Å². The van der Waals surface area contributed by atoms with Gasteiger partial charge in [-0.25, -0.2) is 8.42 Å². The first-order chi connectivity index (χ1) is 16.1. The standard InChI is InChI=1S/C27H33N3O2S/c31-33(32,27-12-7-17-28-22-27)30(23-26-10-5-2-6-11-26)21-20-29-18-15-25(16-19-29)14-13-24-8-3-1-4-9-24/h1-12,17,22,25H,13-16,18-21,23H2. The van der Waals surface area contributed by atoms with Crippen LogP contribution in [0.15, 0.2) is 90.1 Å². The molecule has 1 aliphatic rings. The number of hydrogen-bond donors (Lipinski definition) is 0. The van der Waals surface area contributed by atoms with Crippen LogP contribution in [-0.2, 0) is 23.0 Å². The highest BCUT2D eigenvalue weighted by atomic mass is 32.2. The molecule has 0 spiro atoms. The third-order valence-electron chi connectivity index (χ3n) is 6.53. The minimum Gasteiger partial charge on any atom is -0.302 e.